The third kappa shape index (κ3) is 4.30. The van der Waals surface area contributed by atoms with E-state index in [1.54, 1.807) is 0 Å². The largest absolute Gasteiger partial charge is 0.481 e. The van der Waals surface area contributed by atoms with Crippen molar-refractivity contribution in [3.63, 3.8) is 0 Å². The summed E-state index contributed by atoms with van der Waals surface area (Å²) in [4.78, 5) is 15.3. The smallest absolute Gasteiger partial charge is 0.304 e. The molecule has 1 fully saturated rings. The lowest BCUT2D eigenvalue weighted by Crippen LogP contribution is -2.47. The number of carboxylic acids is 1. The molecule has 1 unspecified atom stereocenters. The number of rotatable bonds is 5. The van der Waals surface area contributed by atoms with E-state index >= 15 is 0 Å². The molecule has 0 amide bonds. The van der Waals surface area contributed by atoms with Crippen molar-refractivity contribution in [3.05, 3.63) is 34.3 Å². The minimum atomic E-state index is -0.713. The molecule has 0 aliphatic carbocycles. The van der Waals surface area contributed by atoms with Gasteiger partial charge in [-0.2, -0.15) is 0 Å². The summed E-state index contributed by atoms with van der Waals surface area (Å²) in [6.07, 6.45) is 0.237. The van der Waals surface area contributed by atoms with Gasteiger partial charge in [-0.3, -0.25) is 9.69 Å². The number of hydrogen-bond acceptors (Lipinski definition) is 3. The first-order valence-electron chi connectivity index (χ1n) is 7.00. The summed E-state index contributed by atoms with van der Waals surface area (Å²) in [7, 11) is 0. The molecule has 1 aromatic carbocycles. The molecule has 1 N–H and O–H groups in total. The summed E-state index contributed by atoms with van der Waals surface area (Å²) < 4.78 is 1.11. The van der Waals surface area contributed by atoms with Crippen molar-refractivity contribution < 1.29 is 9.90 Å². The molecular formula is C15H21BrN2O2. The molecule has 20 heavy (non-hydrogen) atoms. The van der Waals surface area contributed by atoms with E-state index in [-0.39, 0.29) is 6.42 Å². The molecular weight excluding hydrogens is 320 g/mol. The third-order valence-electron chi connectivity index (χ3n) is 3.93. The van der Waals surface area contributed by atoms with E-state index in [4.69, 9.17) is 5.11 Å². The van der Waals surface area contributed by atoms with Crippen molar-refractivity contribution in [3.8, 4) is 0 Å². The second-order valence-corrected chi connectivity index (χ2v) is 6.17. The molecule has 5 heteroatoms. The van der Waals surface area contributed by atoms with Crippen LogP contribution in [0.15, 0.2) is 28.7 Å². The number of piperazine rings is 1. The average Bonchev–Trinajstić information content (AvgIpc) is 2.45. The zero-order chi connectivity index (χ0) is 14.5. The predicted octanol–water partition coefficient (Wildman–Crippen LogP) is 2.60. The summed E-state index contributed by atoms with van der Waals surface area (Å²) in [6.45, 7) is 6.78. The van der Waals surface area contributed by atoms with E-state index < -0.39 is 5.97 Å². The lowest BCUT2D eigenvalue weighted by atomic mass is 10.1. The Balaban J connectivity index is 1.85. The first-order valence-corrected chi connectivity index (χ1v) is 7.79. The van der Waals surface area contributed by atoms with E-state index in [2.05, 4.69) is 50.9 Å². The molecule has 0 saturated carbocycles. The van der Waals surface area contributed by atoms with E-state index in [0.29, 0.717) is 12.6 Å². The van der Waals surface area contributed by atoms with Crippen molar-refractivity contribution >= 4 is 21.9 Å². The molecule has 4 nitrogen and oxygen atoms in total. The molecule has 1 aromatic rings. The molecule has 1 saturated heterocycles. The van der Waals surface area contributed by atoms with Crippen LogP contribution in [0.5, 0.6) is 0 Å². The molecule has 110 valence electrons. The Labute approximate surface area is 128 Å². The van der Waals surface area contributed by atoms with Crippen molar-refractivity contribution in [2.45, 2.75) is 19.4 Å². The van der Waals surface area contributed by atoms with Crippen molar-refractivity contribution in [2.75, 3.05) is 32.7 Å². The summed E-state index contributed by atoms with van der Waals surface area (Å²) in [6, 6.07) is 8.83. The molecule has 0 spiro atoms. The minimum Gasteiger partial charge on any atom is -0.481 e. The standard InChI is InChI=1S/C15H21BrN2O2/c1-12(13-3-2-4-14(16)11-13)18-9-7-17(8-10-18)6-5-15(19)20/h2-4,11-12H,5-10H2,1H3,(H,19,20). The second kappa shape index (κ2) is 7.20. The van der Waals surface area contributed by atoms with Crippen LogP contribution in [0.1, 0.15) is 24.9 Å². The molecule has 1 aliphatic heterocycles. The van der Waals surface area contributed by atoms with Crippen LogP contribution < -0.4 is 0 Å². The maximum absolute atomic E-state index is 10.6. The SMILES string of the molecule is CC(c1cccc(Br)c1)N1CCN(CCC(=O)O)CC1. The van der Waals surface area contributed by atoms with Crippen LogP contribution in [0.2, 0.25) is 0 Å². The molecule has 0 aromatic heterocycles. The van der Waals surface area contributed by atoms with Gasteiger partial charge in [0.2, 0.25) is 0 Å². The van der Waals surface area contributed by atoms with Gasteiger partial charge in [-0.1, -0.05) is 28.1 Å². The van der Waals surface area contributed by atoms with Crippen LogP contribution in [-0.2, 0) is 4.79 Å². The first-order chi connectivity index (χ1) is 9.56. The number of halogens is 1. The van der Waals surface area contributed by atoms with Gasteiger partial charge in [0.25, 0.3) is 0 Å². The highest BCUT2D eigenvalue weighted by atomic mass is 79.9. The van der Waals surface area contributed by atoms with Crippen LogP contribution in [0.25, 0.3) is 0 Å². The fourth-order valence-corrected chi connectivity index (χ4v) is 3.02. The summed E-state index contributed by atoms with van der Waals surface area (Å²) in [5, 5.41) is 8.72. The molecule has 1 atom stereocenters. The van der Waals surface area contributed by atoms with Gasteiger partial charge in [0.1, 0.15) is 0 Å². The zero-order valence-corrected chi connectivity index (χ0v) is 13.3. The van der Waals surface area contributed by atoms with Gasteiger partial charge < -0.3 is 10.0 Å². The number of carboxylic acid groups (broad SMARTS) is 1. The van der Waals surface area contributed by atoms with Gasteiger partial charge in [-0.05, 0) is 24.6 Å². The highest BCUT2D eigenvalue weighted by Crippen LogP contribution is 2.24. The summed E-state index contributed by atoms with van der Waals surface area (Å²) >= 11 is 3.52. The van der Waals surface area contributed by atoms with E-state index in [0.717, 1.165) is 30.7 Å². The van der Waals surface area contributed by atoms with Gasteiger partial charge in [0.15, 0.2) is 0 Å². The Morgan fingerprint density at radius 2 is 2.05 bits per heavy atom. The third-order valence-corrected chi connectivity index (χ3v) is 4.42. The highest BCUT2D eigenvalue weighted by Gasteiger charge is 2.22. The molecule has 0 radical (unpaired) electrons. The van der Waals surface area contributed by atoms with E-state index in [9.17, 15) is 4.79 Å². The Morgan fingerprint density at radius 3 is 2.65 bits per heavy atom. The Bertz CT molecular complexity index is 459. The molecule has 2 rings (SSSR count). The van der Waals surface area contributed by atoms with Crippen LogP contribution in [0.4, 0.5) is 0 Å². The quantitative estimate of drug-likeness (QED) is 0.894. The second-order valence-electron chi connectivity index (χ2n) is 5.25. The van der Waals surface area contributed by atoms with Crippen LogP contribution in [0, 0.1) is 0 Å². The maximum atomic E-state index is 10.6. The number of benzene rings is 1. The molecule has 0 bridgehead atoms. The minimum absolute atomic E-state index is 0.237. The molecule has 1 aliphatic rings. The molecule has 1 heterocycles. The van der Waals surface area contributed by atoms with Gasteiger partial charge in [0.05, 0.1) is 6.42 Å². The maximum Gasteiger partial charge on any atom is 0.304 e. The van der Waals surface area contributed by atoms with Gasteiger partial charge in [-0.25, -0.2) is 0 Å². The lowest BCUT2D eigenvalue weighted by molar-refractivity contribution is -0.137. The fraction of sp³-hybridized carbons (Fsp3) is 0.533. The number of hydrogen-bond donors (Lipinski definition) is 1. The van der Waals surface area contributed by atoms with Gasteiger partial charge in [0, 0.05) is 43.2 Å². The van der Waals surface area contributed by atoms with Gasteiger partial charge >= 0.3 is 5.97 Å². The monoisotopic (exact) mass is 340 g/mol. The number of aliphatic carboxylic acids is 1. The Kier molecular flexibility index (Phi) is 5.57. The van der Waals surface area contributed by atoms with Crippen LogP contribution in [0.3, 0.4) is 0 Å². The van der Waals surface area contributed by atoms with Crippen molar-refractivity contribution in [2.24, 2.45) is 0 Å². The fourth-order valence-electron chi connectivity index (χ4n) is 2.61. The first kappa shape index (κ1) is 15.5. The topological polar surface area (TPSA) is 43.8 Å². The summed E-state index contributed by atoms with van der Waals surface area (Å²) in [5.41, 5.74) is 1.32. The number of nitrogens with zero attached hydrogens (tertiary/aromatic N) is 2. The van der Waals surface area contributed by atoms with Crippen molar-refractivity contribution in [1.82, 2.24) is 9.80 Å². The highest BCUT2D eigenvalue weighted by molar-refractivity contribution is 9.10. The van der Waals surface area contributed by atoms with Crippen LogP contribution in [-0.4, -0.2) is 53.6 Å². The van der Waals surface area contributed by atoms with E-state index in [1.165, 1.54) is 5.56 Å². The Hall–Kier alpha value is -0.910. The van der Waals surface area contributed by atoms with Gasteiger partial charge in [-0.15, -0.1) is 0 Å². The van der Waals surface area contributed by atoms with Crippen molar-refractivity contribution in [1.29, 1.82) is 0 Å². The number of carbonyl (C=O) groups is 1. The summed E-state index contributed by atoms with van der Waals surface area (Å²) in [5.74, 6) is -0.713. The predicted molar refractivity (Wildman–Crippen MR) is 82.8 cm³/mol. The van der Waals surface area contributed by atoms with Crippen LogP contribution >= 0.6 is 15.9 Å². The average molecular weight is 341 g/mol. The zero-order valence-electron chi connectivity index (χ0n) is 11.8. The lowest BCUT2D eigenvalue weighted by Gasteiger charge is -2.38. The van der Waals surface area contributed by atoms with E-state index in [1.807, 2.05) is 6.07 Å². The normalized spacial score (nSPS) is 18.9. The Morgan fingerprint density at radius 1 is 1.35 bits per heavy atom.